The third-order valence-corrected chi connectivity index (χ3v) is 3.98. The van der Waals surface area contributed by atoms with Gasteiger partial charge in [-0.1, -0.05) is 19.8 Å². The quantitative estimate of drug-likeness (QED) is 0.562. The van der Waals surface area contributed by atoms with Gasteiger partial charge in [0.1, 0.15) is 0 Å². The van der Waals surface area contributed by atoms with Gasteiger partial charge in [0.05, 0.1) is 11.5 Å². The van der Waals surface area contributed by atoms with E-state index in [1.807, 2.05) is 0 Å². The first-order valence-corrected chi connectivity index (χ1v) is 5.68. The van der Waals surface area contributed by atoms with Gasteiger partial charge in [-0.05, 0) is 43.9 Å². The first-order valence-electron chi connectivity index (χ1n) is 5.68. The van der Waals surface area contributed by atoms with E-state index in [0.717, 1.165) is 11.8 Å². The second-order valence-electron chi connectivity index (χ2n) is 5.08. The SMILES string of the molecule is CC1CCCC(C#N)(C2CC2)CC1. The summed E-state index contributed by atoms with van der Waals surface area (Å²) in [6.07, 6.45) is 8.91. The molecule has 0 aliphatic heterocycles. The zero-order valence-corrected chi connectivity index (χ0v) is 8.55. The zero-order valence-electron chi connectivity index (χ0n) is 8.55. The molecule has 0 radical (unpaired) electrons. The molecule has 0 heterocycles. The summed E-state index contributed by atoms with van der Waals surface area (Å²) in [7, 11) is 0. The molecule has 0 saturated heterocycles. The van der Waals surface area contributed by atoms with E-state index >= 15 is 0 Å². The fourth-order valence-corrected chi connectivity index (χ4v) is 2.79. The Kier molecular flexibility index (Phi) is 2.32. The van der Waals surface area contributed by atoms with E-state index in [0.29, 0.717) is 0 Å². The number of hydrogen-bond donors (Lipinski definition) is 0. The van der Waals surface area contributed by atoms with Gasteiger partial charge in [0, 0.05) is 0 Å². The number of hydrogen-bond acceptors (Lipinski definition) is 1. The smallest absolute Gasteiger partial charge is 0.0692 e. The fourth-order valence-electron chi connectivity index (χ4n) is 2.79. The van der Waals surface area contributed by atoms with Crippen molar-refractivity contribution in [2.24, 2.45) is 17.3 Å². The largest absolute Gasteiger partial charge is 0.198 e. The molecule has 2 rings (SSSR count). The molecule has 13 heavy (non-hydrogen) atoms. The van der Waals surface area contributed by atoms with Gasteiger partial charge in [0.25, 0.3) is 0 Å². The topological polar surface area (TPSA) is 23.8 Å². The van der Waals surface area contributed by atoms with Crippen LogP contribution in [-0.2, 0) is 0 Å². The van der Waals surface area contributed by atoms with Crippen molar-refractivity contribution in [1.29, 1.82) is 5.26 Å². The average molecular weight is 177 g/mol. The molecular formula is C12H19N. The van der Waals surface area contributed by atoms with E-state index in [2.05, 4.69) is 13.0 Å². The van der Waals surface area contributed by atoms with Gasteiger partial charge >= 0.3 is 0 Å². The van der Waals surface area contributed by atoms with E-state index in [9.17, 15) is 5.26 Å². The third kappa shape index (κ3) is 1.73. The van der Waals surface area contributed by atoms with E-state index in [-0.39, 0.29) is 5.41 Å². The summed E-state index contributed by atoms with van der Waals surface area (Å²) in [5.74, 6) is 1.62. The lowest BCUT2D eigenvalue weighted by molar-refractivity contribution is 0.289. The molecule has 2 saturated carbocycles. The van der Waals surface area contributed by atoms with Gasteiger partial charge < -0.3 is 0 Å². The Hall–Kier alpha value is -0.510. The van der Waals surface area contributed by atoms with Crippen molar-refractivity contribution in [1.82, 2.24) is 0 Å². The molecular weight excluding hydrogens is 158 g/mol. The molecule has 2 fully saturated rings. The highest BCUT2D eigenvalue weighted by Crippen LogP contribution is 2.52. The Morgan fingerprint density at radius 1 is 1.15 bits per heavy atom. The van der Waals surface area contributed by atoms with Crippen LogP contribution in [0.3, 0.4) is 0 Å². The second kappa shape index (κ2) is 3.33. The summed E-state index contributed by atoms with van der Waals surface area (Å²) in [6, 6.07) is 2.64. The molecule has 2 unspecified atom stereocenters. The first kappa shape index (κ1) is 9.06. The minimum atomic E-state index is 0.102. The van der Waals surface area contributed by atoms with Gasteiger partial charge in [-0.25, -0.2) is 0 Å². The average Bonchev–Trinajstić information content (AvgIpc) is 2.91. The van der Waals surface area contributed by atoms with Gasteiger partial charge in [-0.2, -0.15) is 5.26 Å². The van der Waals surface area contributed by atoms with E-state index in [1.54, 1.807) is 0 Å². The van der Waals surface area contributed by atoms with Crippen LogP contribution in [0, 0.1) is 28.6 Å². The lowest BCUT2D eigenvalue weighted by Crippen LogP contribution is -2.20. The number of nitrogens with zero attached hydrogens (tertiary/aromatic N) is 1. The molecule has 1 nitrogen and oxygen atoms in total. The van der Waals surface area contributed by atoms with Crippen LogP contribution >= 0.6 is 0 Å². The van der Waals surface area contributed by atoms with Crippen molar-refractivity contribution >= 4 is 0 Å². The Labute approximate surface area is 81.1 Å². The van der Waals surface area contributed by atoms with E-state index < -0.39 is 0 Å². The van der Waals surface area contributed by atoms with Gasteiger partial charge in [-0.15, -0.1) is 0 Å². The maximum absolute atomic E-state index is 9.31. The Balaban J connectivity index is 2.07. The Morgan fingerprint density at radius 2 is 1.92 bits per heavy atom. The highest BCUT2D eigenvalue weighted by molar-refractivity contribution is 5.08. The fraction of sp³-hybridized carbons (Fsp3) is 0.917. The van der Waals surface area contributed by atoms with Gasteiger partial charge in [-0.3, -0.25) is 0 Å². The summed E-state index contributed by atoms with van der Waals surface area (Å²) in [5, 5.41) is 9.31. The lowest BCUT2D eigenvalue weighted by Gasteiger charge is -2.24. The van der Waals surface area contributed by atoms with Crippen molar-refractivity contribution in [2.75, 3.05) is 0 Å². The molecule has 2 atom stereocenters. The summed E-state index contributed by atoms with van der Waals surface area (Å²) >= 11 is 0. The summed E-state index contributed by atoms with van der Waals surface area (Å²) in [4.78, 5) is 0. The van der Waals surface area contributed by atoms with Crippen molar-refractivity contribution < 1.29 is 0 Å². The second-order valence-corrected chi connectivity index (χ2v) is 5.08. The maximum atomic E-state index is 9.31. The summed E-state index contributed by atoms with van der Waals surface area (Å²) < 4.78 is 0. The maximum Gasteiger partial charge on any atom is 0.0692 e. The van der Waals surface area contributed by atoms with Crippen LogP contribution in [-0.4, -0.2) is 0 Å². The molecule has 0 spiro atoms. The predicted molar refractivity (Wildman–Crippen MR) is 53.0 cm³/mol. The van der Waals surface area contributed by atoms with Gasteiger partial charge in [0.15, 0.2) is 0 Å². The Morgan fingerprint density at radius 3 is 2.54 bits per heavy atom. The van der Waals surface area contributed by atoms with Crippen LogP contribution in [0.5, 0.6) is 0 Å². The highest BCUT2D eigenvalue weighted by Gasteiger charge is 2.45. The molecule has 0 bridgehead atoms. The Bertz CT molecular complexity index is 224. The molecule has 1 heteroatoms. The molecule has 0 aromatic carbocycles. The van der Waals surface area contributed by atoms with Gasteiger partial charge in [0.2, 0.25) is 0 Å². The minimum Gasteiger partial charge on any atom is -0.198 e. The molecule has 2 aliphatic carbocycles. The standard InChI is InChI=1S/C12H19N/c1-10-3-2-7-12(9-13,8-6-10)11-4-5-11/h10-11H,2-8H2,1H3. The van der Waals surface area contributed by atoms with E-state index in [1.165, 1.54) is 44.9 Å². The summed E-state index contributed by atoms with van der Waals surface area (Å²) in [5.41, 5.74) is 0.102. The highest BCUT2D eigenvalue weighted by atomic mass is 14.5. The third-order valence-electron chi connectivity index (χ3n) is 3.98. The lowest BCUT2D eigenvalue weighted by atomic mass is 9.77. The van der Waals surface area contributed by atoms with Crippen LogP contribution < -0.4 is 0 Å². The first-order chi connectivity index (χ1) is 6.27. The normalized spacial score (nSPS) is 40.8. The van der Waals surface area contributed by atoms with Crippen molar-refractivity contribution in [3.05, 3.63) is 0 Å². The zero-order chi connectivity index (χ0) is 9.31. The number of nitriles is 1. The number of rotatable bonds is 1. The molecule has 0 aromatic rings. The molecule has 0 aromatic heterocycles. The van der Waals surface area contributed by atoms with Crippen LogP contribution in [0.4, 0.5) is 0 Å². The summed E-state index contributed by atoms with van der Waals surface area (Å²) in [6.45, 7) is 2.33. The molecule has 2 aliphatic rings. The van der Waals surface area contributed by atoms with Crippen molar-refractivity contribution in [2.45, 2.75) is 51.9 Å². The van der Waals surface area contributed by atoms with Crippen molar-refractivity contribution in [3.8, 4) is 6.07 Å². The van der Waals surface area contributed by atoms with E-state index in [4.69, 9.17) is 0 Å². The van der Waals surface area contributed by atoms with Crippen LogP contribution in [0.2, 0.25) is 0 Å². The monoisotopic (exact) mass is 177 g/mol. The van der Waals surface area contributed by atoms with Crippen LogP contribution in [0.25, 0.3) is 0 Å². The molecule has 72 valence electrons. The molecule has 0 amide bonds. The van der Waals surface area contributed by atoms with Crippen LogP contribution in [0.15, 0.2) is 0 Å². The van der Waals surface area contributed by atoms with Crippen LogP contribution in [0.1, 0.15) is 51.9 Å². The minimum absolute atomic E-state index is 0.102. The predicted octanol–water partition coefficient (Wildman–Crippen LogP) is 3.51. The van der Waals surface area contributed by atoms with Crippen molar-refractivity contribution in [3.63, 3.8) is 0 Å². The molecule has 0 N–H and O–H groups in total.